The van der Waals surface area contributed by atoms with Crippen molar-refractivity contribution in [3.8, 4) is 5.75 Å². The van der Waals surface area contributed by atoms with Crippen molar-refractivity contribution in [3.05, 3.63) is 28.8 Å². The maximum Gasteiger partial charge on any atom is 0.342 e. The fourth-order valence-corrected chi connectivity index (χ4v) is 2.43. The van der Waals surface area contributed by atoms with Crippen LogP contribution in [0.15, 0.2) is 12.1 Å². The van der Waals surface area contributed by atoms with Crippen LogP contribution in [-0.4, -0.2) is 19.2 Å². The highest BCUT2D eigenvalue weighted by Crippen LogP contribution is 2.28. The Bertz CT molecular complexity index is 445. The van der Waals surface area contributed by atoms with Gasteiger partial charge in [-0.05, 0) is 56.7 Å². The second-order valence-corrected chi connectivity index (χ2v) is 4.90. The van der Waals surface area contributed by atoms with Gasteiger partial charge in [-0.25, -0.2) is 4.79 Å². The number of benzene rings is 1. The molecule has 98 valence electrons. The zero-order valence-corrected chi connectivity index (χ0v) is 11.3. The Morgan fingerprint density at radius 1 is 1.22 bits per heavy atom. The molecule has 0 N–H and O–H groups in total. The summed E-state index contributed by atoms with van der Waals surface area (Å²) in [7, 11) is 1.59. The number of hydrogen-bond donors (Lipinski definition) is 0. The third kappa shape index (κ3) is 2.50. The summed E-state index contributed by atoms with van der Waals surface area (Å²) in [6.45, 7) is 3.96. The number of esters is 1. The molecular formula is C15H20O3. The summed E-state index contributed by atoms with van der Waals surface area (Å²) < 4.78 is 10.9. The van der Waals surface area contributed by atoms with Gasteiger partial charge >= 0.3 is 5.97 Å². The number of carbonyl (C=O) groups is 1. The van der Waals surface area contributed by atoms with Crippen LogP contribution in [0.5, 0.6) is 5.75 Å². The molecule has 1 aromatic rings. The van der Waals surface area contributed by atoms with Crippen LogP contribution in [0.4, 0.5) is 0 Å². The van der Waals surface area contributed by atoms with Crippen LogP contribution in [0.2, 0.25) is 0 Å². The molecule has 0 spiro atoms. The number of ether oxygens (including phenoxy) is 2. The Kier molecular flexibility index (Phi) is 3.90. The Hall–Kier alpha value is -1.51. The van der Waals surface area contributed by atoms with E-state index in [9.17, 15) is 4.79 Å². The second kappa shape index (κ2) is 5.42. The summed E-state index contributed by atoms with van der Waals surface area (Å²) in [5.41, 5.74) is 2.65. The van der Waals surface area contributed by atoms with Gasteiger partial charge in [0.2, 0.25) is 0 Å². The van der Waals surface area contributed by atoms with Gasteiger partial charge in [-0.3, -0.25) is 0 Å². The molecule has 0 aromatic heterocycles. The second-order valence-electron chi connectivity index (χ2n) is 4.90. The quantitative estimate of drug-likeness (QED) is 0.769. The first-order valence-corrected chi connectivity index (χ1v) is 6.48. The zero-order valence-electron chi connectivity index (χ0n) is 11.3. The van der Waals surface area contributed by atoms with Crippen LogP contribution in [-0.2, 0) is 4.74 Å². The highest BCUT2D eigenvalue weighted by atomic mass is 16.5. The van der Waals surface area contributed by atoms with Crippen molar-refractivity contribution in [2.75, 3.05) is 7.11 Å². The number of methoxy groups -OCH3 is 1. The molecule has 1 aliphatic carbocycles. The minimum absolute atomic E-state index is 0.0869. The molecule has 0 radical (unpaired) electrons. The lowest BCUT2D eigenvalue weighted by Crippen LogP contribution is -2.16. The normalized spacial score (nSPS) is 15.7. The van der Waals surface area contributed by atoms with Crippen molar-refractivity contribution in [1.82, 2.24) is 0 Å². The topological polar surface area (TPSA) is 35.5 Å². The predicted octanol–water partition coefficient (Wildman–Crippen LogP) is 3.41. The maximum atomic E-state index is 12.1. The van der Waals surface area contributed by atoms with Gasteiger partial charge in [0.05, 0.1) is 7.11 Å². The van der Waals surface area contributed by atoms with Gasteiger partial charge in [-0.1, -0.05) is 6.07 Å². The van der Waals surface area contributed by atoms with Crippen molar-refractivity contribution < 1.29 is 14.3 Å². The fourth-order valence-electron chi connectivity index (χ4n) is 2.43. The smallest absolute Gasteiger partial charge is 0.342 e. The van der Waals surface area contributed by atoms with Crippen molar-refractivity contribution in [1.29, 1.82) is 0 Å². The molecule has 2 rings (SSSR count). The monoisotopic (exact) mass is 248 g/mol. The fraction of sp³-hybridized carbons (Fsp3) is 0.533. The van der Waals surface area contributed by atoms with Crippen molar-refractivity contribution in [2.45, 2.75) is 45.6 Å². The Balaban J connectivity index is 2.21. The van der Waals surface area contributed by atoms with E-state index in [0.717, 1.165) is 36.8 Å². The zero-order chi connectivity index (χ0) is 13.1. The maximum absolute atomic E-state index is 12.1. The lowest BCUT2D eigenvalue weighted by atomic mass is 10.0. The average molecular weight is 248 g/mol. The van der Waals surface area contributed by atoms with E-state index >= 15 is 0 Å². The number of rotatable bonds is 3. The minimum atomic E-state index is -0.262. The molecule has 1 aliphatic rings. The van der Waals surface area contributed by atoms with Crippen molar-refractivity contribution in [3.63, 3.8) is 0 Å². The van der Waals surface area contributed by atoms with Crippen molar-refractivity contribution in [2.24, 2.45) is 0 Å². The molecule has 0 unspecified atom stereocenters. The SMILES string of the molecule is COc1c(C(=O)OC2CCCC2)ccc(C)c1C. The van der Waals surface area contributed by atoms with E-state index in [2.05, 4.69) is 0 Å². The van der Waals surface area contributed by atoms with Crippen LogP contribution >= 0.6 is 0 Å². The van der Waals surface area contributed by atoms with Gasteiger partial charge in [0, 0.05) is 0 Å². The first-order chi connectivity index (χ1) is 8.63. The van der Waals surface area contributed by atoms with E-state index in [1.165, 1.54) is 0 Å². The summed E-state index contributed by atoms with van der Waals surface area (Å²) in [5, 5.41) is 0. The summed E-state index contributed by atoms with van der Waals surface area (Å²) in [6.07, 6.45) is 4.37. The van der Waals surface area contributed by atoms with Crippen LogP contribution in [0.1, 0.15) is 47.2 Å². The molecule has 0 amide bonds. The van der Waals surface area contributed by atoms with E-state index in [1.807, 2.05) is 19.9 Å². The molecule has 0 bridgehead atoms. The van der Waals surface area contributed by atoms with E-state index in [4.69, 9.17) is 9.47 Å². The highest BCUT2D eigenvalue weighted by Gasteiger charge is 2.23. The predicted molar refractivity (Wildman–Crippen MR) is 70.1 cm³/mol. The van der Waals surface area contributed by atoms with Crippen LogP contribution in [0.25, 0.3) is 0 Å². The van der Waals surface area contributed by atoms with Crippen LogP contribution in [0.3, 0.4) is 0 Å². The molecule has 1 saturated carbocycles. The molecule has 3 nitrogen and oxygen atoms in total. The largest absolute Gasteiger partial charge is 0.496 e. The summed E-state index contributed by atoms with van der Waals surface area (Å²) >= 11 is 0. The molecule has 3 heteroatoms. The molecule has 0 aliphatic heterocycles. The van der Waals surface area contributed by atoms with Gasteiger partial charge in [0.25, 0.3) is 0 Å². The lowest BCUT2D eigenvalue weighted by Gasteiger charge is -2.15. The summed E-state index contributed by atoms with van der Waals surface area (Å²) in [5.74, 6) is 0.375. The third-order valence-electron chi connectivity index (χ3n) is 3.68. The molecule has 0 atom stereocenters. The molecule has 1 fully saturated rings. The Morgan fingerprint density at radius 2 is 1.89 bits per heavy atom. The van der Waals surface area contributed by atoms with Crippen molar-refractivity contribution >= 4 is 5.97 Å². The van der Waals surface area contributed by atoms with E-state index in [0.29, 0.717) is 11.3 Å². The molecule has 0 heterocycles. The molecule has 0 saturated heterocycles. The van der Waals surface area contributed by atoms with E-state index in [1.54, 1.807) is 13.2 Å². The number of hydrogen-bond acceptors (Lipinski definition) is 3. The number of carbonyl (C=O) groups excluding carboxylic acids is 1. The highest BCUT2D eigenvalue weighted by molar-refractivity contribution is 5.93. The van der Waals surface area contributed by atoms with Gasteiger partial charge in [0.15, 0.2) is 0 Å². The molecule has 1 aromatic carbocycles. The van der Waals surface area contributed by atoms with Crippen LogP contribution < -0.4 is 4.74 Å². The standard InChI is InChI=1S/C15H20O3/c1-10-8-9-13(14(17-3)11(10)2)15(16)18-12-6-4-5-7-12/h8-9,12H,4-7H2,1-3H3. The number of aryl methyl sites for hydroxylation is 1. The first kappa shape index (κ1) is 12.9. The lowest BCUT2D eigenvalue weighted by molar-refractivity contribution is 0.0314. The Labute approximate surface area is 108 Å². The molecular weight excluding hydrogens is 228 g/mol. The van der Waals surface area contributed by atoms with Gasteiger partial charge in [-0.2, -0.15) is 0 Å². The van der Waals surface area contributed by atoms with Gasteiger partial charge in [0.1, 0.15) is 17.4 Å². The summed E-state index contributed by atoms with van der Waals surface area (Å²) in [4.78, 5) is 12.1. The average Bonchev–Trinajstić information content (AvgIpc) is 2.85. The van der Waals surface area contributed by atoms with E-state index < -0.39 is 0 Å². The van der Waals surface area contributed by atoms with Gasteiger partial charge in [-0.15, -0.1) is 0 Å². The minimum Gasteiger partial charge on any atom is -0.496 e. The first-order valence-electron chi connectivity index (χ1n) is 6.48. The summed E-state index contributed by atoms with van der Waals surface area (Å²) in [6, 6.07) is 3.72. The molecule has 18 heavy (non-hydrogen) atoms. The third-order valence-corrected chi connectivity index (χ3v) is 3.68. The van der Waals surface area contributed by atoms with E-state index in [-0.39, 0.29) is 12.1 Å². The van der Waals surface area contributed by atoms with Crippen LogP contribution in [0, 0.1) is 13.8 Å². The Morgan fingerprint density at radius 3 is 2.50 bits per heavy atom. The van der Waals surface area contributed by atoms with Gasteiger partial charge < -0.3 is 9.47 Å².